The molecule has 2 N–H and O–H groups in total. The van der Waals surface area contributed by atoms with Crippen molar-refractivity contribution in [2.45, 2.75) is 32.4 Å². The Labute approximate surface area is 125 Å². The second kappa shape index (κ2) is 6.89. The molecule has 0 amide bonds. The summed E-state index contributed by atoms with van der Waals surface area (Å²) in [6.07, 6.45) is 0.653. The summed E-state index contributed by atoms with van der Waals surface area (Å²) >= 11 is 6.99. The molecular weight excluding hydrogens is 362 g/mol. The molecule has 1 aromatic rings. The van der Waals surface area contributed by atoms with Crippen LogP contribution < -0.4 is 10.1 Å². The summed E-state index contributed by atoms with van der Waals surface area (Å²) in [7, 11) is 1.91. The molecule has 1 rings (SSSR count). The monoisotopic (exact) mass is 379 g/mol. The lowest BCUT2D eigenvalue weighted by Crippen LogP contribution is -2.31. The van der Waals surface area contributed by atoms with Gasteiger partial charge in [-0.25, -0.2) is 0 Å². The van der Waals surface area contributed by atoms with Crippen LogP contribution in [0.2, 0.25) is 0 Å². The van der Waals surface area contributed by atoms with Crippen LogP contribution in [0.3, 0.4) is 0 Å². The van der Waals surface area contributed by atoms with Crippen LogP contribution in [0.25, 0.3) is 0 Å². The predicted octanol–water partition coefficient (Wildman–Crippen LogP) is 3.47. The van der Waals surface area contributed by atoms with Crippen molar-refractivity contribution < 1.29 is 9.84 Å². The van der Waals surface area contributed by atoms with E-state index in [-0.39, 0.29) is 6.61 Å². The van der Waals surface area contributed by atoms with Crippen LogP contribution in [-0.2, 0) is 6.54 Å². The highest BCUT2D eigenvalue weighted by Gasteiger charge is 2.20. The molecule has 1 atom stereocenters. The number of rotatable bonds is 6. The summed E-state index contributed by atoms with van der Waals surface area (Å²) in [5, 5.41) is 13.0. The van der Waals surface area contributed by atoms with Crippen LogP contribution in [0.5, 0.6) is 5.75 Å². The highest BCUT2D eigenvalue weighted by molar-refractivity contribution is 9.11. The second-order valence-electron chi connectivity index (χ2n) is 4.56. The summed E-state index contributed by atoms with van der Waals surface area (Å²) < 4.78 is 7.46. The van der Waals surface area contributed by atoms with Gasteiger partial charge in [-0.1, -0.05) is 6.92 Å². The second-order valence-corrected chi connectivity index (χ2v) is 6.27. The van der Waals surface area contributed by atoms with Gasteiger partial charge in [-0.2, -0.15) is 0 Å². The van der Waals surface area contributed by atoms with Crippen molar-refractivity contribution in [3.8, 4) is 5.75 Å². The Morgan fingerprint density at radius 3 is 2.33 bits per heavy atom. The first-order chi connectivity index (χ1) is 8.39. The van der Waals surface area contributed by atoms with E-state index in [1.54, 1.807) is 6.92 Å². The number of benzene rings is 1. The summed E-state index contributed by atoms with van der Waals surface area (Å²) in [4.78, 5) is 0. The zero-order valence-corrected chi connectivity index (χ0v) is 14.1. The van der Waals surface area contributed by atoms with Crippen LogP contribution in [0, 0.1) is 0 Å². The summed E-state index contributed by atoms with van der Waals surface area (Å²) in [5.74, 6) is 0.726. The summed E-state index contributed by atoms with van der Waals surface area (Å²) in [6.45, 7) is 4.77. The third-order valence-corrected chi connectivity index (χ3v) is 3.91. The SMILES string of the molecule is CCC(C)(O)COc1c(Br)cc(CNC)cc1Br. The van der Waals surface area contributed by atoms with Gasteiger partial charge in [-0.3, -0.25) is 0 Å². The lowest BCUT2D eigenvalue weighted by atomic mass is 10.1. The number of aliphatic hydroxyl groups is 1. The Bertz CT molecular complexity index is 385. The van der Waals surface area contributed by atoms with Gasteiger partial charge in [0.25, 0.3) is 0 Å². The smallest absolute Gasteiger partial charge is 0.147 e. The minimum Gasteiger partial charge on any atom is -0.488 e. The highest BCUT2D eigenvalue weighted by atomic mass is 79.9. The maximum Gasteiger partial charge on any atom is 0.147 e. The molecule has 0 fully saturated rings. The number of hydrogen-bond acceptors (Lipinski definition) is 3. The quantitative estimate of drug-likeness (QED) is 0.793. The molecular formula is C13H19Br2NO2. The molecule has 1 aromatic carbocycles. The molecule has 0 aliphatic heterocycles. The first-order valence-electron chi connectivity index (χ1n) is 5.87. The van der Waals surface area contributed by atoms with Gasteiger partial charge in [0.2, 0.25) is 0 Å². The van der Waals surface area contributed by atoms with Gasteiger partial charge in [-0.15, -0.1) is 0 Å². The van der Waals surface area contributed by atoms with Crippen LogP contribution in [0.4, 0.5) is 0 Å². The van der Waals surface area contributed by atoms with E-state index in [9.17, 15) is 5.11 Å². The van der Waals surface area contributed by atoms with E-state index < -0.39 is 5.60 Å². The Morgan fingerprint density at radius 1 is 1.33 bits per heavy atom. The van der Waals surface area contributed by atoms with Gasteiger partial charge >= 0.3 is 0 Å². The van der Waals surface area contributed by atoms with Crippen molar-refractivity contribution in [1.82, 2.24) is 5.32 Å². The fraction of sp³-hybridized carbons (Fsp3) is 0.538. The van der Waals surface area contributed by atoms with E-state index in [1.165, 1.54) is 0 Å². The molecule has 5 heteroatoms. The topological polar surface area (TPSA) is 41.5 Å². The molecule has 0 saturated heterocycles. The molecule has 0 aromatic heterocycles. The molecule has 0 aliphatic rings. The molecule has 3 nitrogen and oxygen atoms in total. The molecule has 1 unspecified atom stereocenters. The van der Waals surface area contributed by atoms with Crippen LogP contribution >= 0.6 is 31.9 Å². The Balaban J connectivity index is 2.84. The zero-order chi connectivity index (χ0) is 13.8. The summed E-state index contributed by atoms with van der Waals surface area (Å²) in [6, 6.07) is 4.02. The first-order valence-corrected chi connectivity index (χ1v) is 7.46. The normalized spacial score (nSPS) is 14.3. The fourth-order valence-corrected chi connectivity index (χ4v) is 2.90. The number of halogens is 2. The number of nitrogens with one attached hydrogen (secondary N) is 1. The molecule has 0 heterocycles. The summed E-state index contributed by atoms with van der Waals surface area (Å²) in [5.41, 5.74) is 0.355. The van der Waals surface area contributed by atoms with Crippen molar-refractivity contribution in [1.29, 1.82) is 0 Å². The molecule has 0 radical (unpaired) electrons. The van der Waals surface area contributed by atoms with E-state index in [0.717, 1.165) is 26.8 Å². The van der Waals surface area contributed by atoms with Crippen molar-refractivity contribution in [3.05, 3.63) is 26.6 Å². The standard InChI is InChI=1S/C13H19Br2NO2/c1-4-13(2,17)8-18-12-10(14)5-9(7-16-3)6-11(12)15/h5-6,16-17H,4,7-8H2,1-3H3. The zero-order valence-electron chi connectivity index (χ0n) is 10.9. The van der Waals surface area contributed by atoms with E-state index >= 15 is 0 Å². The number of hydrogen-bond donors (Lipinski definition) is 2. The Kier molecular flexibility index (Phi) is 6.11. The van der Waals surface area contributed by atoms with Crippen molar-refractivity contribution in [3.63, 3.8) is 0 Å². The van der Waals surface area contributed by atoms with Gasteiger partial charge in [0.15, 0.2) is 0 Å². The minimum absolute atomic E-state index is 0.270. The van der Waals surface area contributed by atoms with Gasteiger partial charge in [0, 0.05) is 6.54 Å². The lowest BCUT2D eigenvalue weighted by Gasteiger charge is -2.22. The van der Waals surface area contributed by atoms with Gasteiger partial charge in [-0.05, 0) is 69.9 Å². The van der Waals surface area contributed by atoms with E-state index in [1.807, 2.05) is 26.1 Å². The van der Waals surface area contributed by atoms with Gasteiger partial charge in [0.05, 0.1) is 14.5 Å². The van der Waals surface area contributed by atoms with Gasteiger partial charge < -0.3 is 15.2 Å². The molecule has 102 valence electrons. The third-order valence-electron chi connectivity index (χ3n) is 2.73. The van der Waals surface area contributed by atoms with Crippen molar-refractivity contribution >= 4 is 31.9 Å². The maximum atomic E-state index is 9.94. The minimum atomic E-state index is -0.803. The average molecular weight is 381 g/mol. The molecule has 0 aliphatic carbocycles. The predicted molar refractivity (Wildman–Crippen MR) is 81.0 cm³/mol. The van der Waals surface area contributed by atoms with E-state index in [2.05, 4.69) is 37.2 Å². The fourth-order valence-electron chi connectivity index (χ4n) is 1.39. The molecule has 0 saturated carbocycles. The van der Waals surface area contributed by atoms with E-state index in [0.29, 0.717) is 6.42 Å². The largest absolute Gasteiger partial charge is 0.488 e. The Morgan fingerprint density at radius 2 is 1.89 bits per heavy atom. The van der Waals surface area contributed by atoms with Gasteiger partial charge in [0.1, 0.15) is 12.4 Å². The average Bonchev–Trinajstić information content (AvgIpc) is 2.28. The van der Waals surface area contributed by atoms with Crippen LogP contribution in [0.1, 0.15) is 25.8 Å². The third kappa shape index (κ3) is 4.53. The maximum absolute atomic E-state index is 9.94. The number of ether oxygens (including phenoxy) is 1. The van der Waals surface area contributed by atoms with Crippen LogP contribution in [0.15, 0.2) is 21.1 Å². The Hall–Kier alpha value is -0.100. The van der Waals surface area contributed by atoms with Crippen molar-refractivity contribution in [2.75, 3.05) is 13.7 Å². The lowest BCUT2D eigenvalue weighted by molar-refractivity contribution is 0.00799. The first kappa shape index (κ1) is 16.0. The van der Waals surface area contributed by atoms with Crippen LogP contribution in [-0.4, -0.2) is 24.4 Å². The molecule has 0 bridgehead atoms. The van der Waals surface area contributed by atoms with Crippen molar-refractivity contribution in [2.24, 2.45) is 0 Å². The highest BCUT2D eigenvalue weighted by Crippen LogP contribution is 2.35. The molecule has 0 spiro atoms. The van der Waals surface area contributed by atoms with E-state index in [4.69, 9.17) is 4.74 Å². The molecule has 18 heavy (non-hydrogen) atoms.